The molecule has 0 aliphatic heterocycles. The molecule has 0 fully saturated rings. The SMILES string of the molecule is CC(C)CC(C(=O)NO)N(Cc1ccccc1)S(=O)(=O)c1ccc(Br)cc1. The molecule has 0 saturated heterocycles. The van der Waals surface area contributed by atoms with Crippen molar-refractivity contribution in [1.29, 1.82) is 0 Å². The van der Waals surface area contributed by atoms with Gasteiger partial charge in [0.05, 0.1) is 4.90 Å². The van der Waals surface area contributed by atoms with E-state index in [1.165, 1.54) is 12.1 Å². The lowest BCUT2D eigenvalue weighted by Gasteiger charge is -2.30. The highest BCUT2D eigenvalue weighted by atomic mass is 79.9. The van der Waals surface area contributed by atoms with Gasteiger partial charge in [0, 0.05) is 11.0 Å². The molecule has 0 bridgehead atoms. The van der Waals surface area contributed by atoms with Gasteiger partial charge in [0.15, 0.2) is 0 Å². The lowest BCUT2D eigenvalue weighted by Crippen LogP contribution is -2.49. The zero-order valence-corrected chi connectivity index (χ0v) is 17.6. The third kappa shape index (κ3) is 5.62. The fourth-order valence-electron chi connectivity index (χ4n) is 2.74. The first-order valence-corrected chi connectivity index (χ1v) is 10.7. The van der Waals surface area contributed by atoms with E-state index in [-0.39, 0.29) is 23.8 Å². The van der Waals surface area contributed by atoms with E-state index in [2.05, 4.69) is 15.9 Å². The van der Waals surface area contributed by atoms with Gasteiger partial charge in [-0.15, -0.1) is 0 Å². The monoisotopic (exact) mass is 454 g/mol. The summed E-state index contributed by atoms with van der Waals surface area (Å²) in [6.07, 6.45) is 0.273. The van der Waals surface area contributed by atoms with E-state index in [0.717, 1.165) is 14.3 Å². The molecule has 1 atom stereocenters. The molecule has 0 aromatic heterocycles. The first-order valence-electron chi connectivity index (χ1n) is 8.51. The van der Waals surface area contributed by atoms with Gasteiger partial charge >= 0.3 is 0 Å². The van der Waals surface area contributed by atoms with Crippen LogP contribution in [0.25, 0.3) is 0 Å². The van der Waals surface area contributed by atoms with Crippen molar-refractivity contribution in [2.45, 2.75) is 37.8 Å². The summed E-state index contributed by atoms with van der Waals surface area (Å²) in [5, 5.41) is 9.18. The van der Waals surface area contributed by atoms with Gasteiger partial charge in [0.2, 0.25) is 10.0 Å². The molecule has 0 heterocycles. The Labute approximate surface area is 168 Å². The maximum absolute atomic E-state index is 13.3. The van der Waals surface area contributed by atoms with E-state index in [1.54, 1.807) is 29.7 Å². The van der Waals surface area contributed by atoms with Gasteiger partial charge in [-0.3, -0.25) is 10.0 Å². The van der Waals surface area contributed by atoms with Crippen LogP contribution in [0.1, 0.15) is 25.8 Å². The third-order valence-electron chi connectivity index (χ3n) is 4.06. The molecule has 0 radical (unpaired) electrons. The Morgan fingerprint density at radius 3 is 2.22 bits per heavy atom. The second-order valence-corrected chi connectivity index (χ2v) is 9.42. The topological polar surface area (TPSA) is 86.7 Å². The number of halogens is 1. The first kappa shape index (κ1) is 21.6. The zero-order valence-electron chi connectivity index (χ0n) is 15.2. The molecule has 0 aliphatic rings. The molecular weight excluding hydrogens is 432 g/mol. The summed E-state index contributed by atoms with van der Waals surface area (Å²) in [7, 11) is -3.98. The van der Waals surface area contributed by atoms with Crippen molar-refractivity contribution in [3.05, 3.63) is 64.6 Å². The number of hydroxylamine groups is 1. The van der Waals surface area contributed by atoms with Crippen molar-refractivity contribution < 1.29 is 18.4 Å². The van der Waals surface area contributed by atoms with E-state index in [4.69, 9.17) is 0 Å². The minimum Gasteiger partial charge on any atom is -0.289 e. The fourth-order valence-corrected chi connectivity index (χ4v) is 4.60. The Kier molecular flexibility index (Phi) is 7.55. The largest absolute Gasteiger partial charge is 0.289 e. The second-order valence-electron chi connectivity index (χ2n) is 6.61. The highest BCUT2D eigenvalue weighted by Gasteiger charge is 2.36. The molecule has 1 amide bonds. The molecule has 0 spiro atoms. The number of amides is 1. The zero-order chi connectivity index (χ0) is 20.0. The Bertz CT molecular complexity index is 855. The number of rotatable bonds is 8. The van der Waals surface area contributed by atoms with Gasteiger partial charge in [-0.2, -0.15) is 4.31 Å². The van der Waals surface area contributed by atoms with E-state index in [9.17, 15) is 18.4 Å². The highest BCUT2D eigenvalue weighted by molar-refractivity contribution is 9.10. The van der Waals surface area contributed by atoms with Gasteiger partial charge in [-0.05, 0) is 42.2 Å². The minimum atomic E-state index is -3.98. The number of sulfonamides is 1. The molecular formula is C19H23BrN2O4S. The van der Waals surface area contributed by atoms with Gasteiger partial charge in [0.25, 0.3) is 5.91 Å². The van der Waals surface area contributed by atoms with Crippen molar-refractivity contribution in [3.8, 4) is 0 Å². The molecule has 2 N–H and O–H groups in total. The van der Waals surface area contributed by atoms with Crippen LogP contribution < -0.4 is 5.48 Å². The Balaban J connectivity index is 2.53. The van der Waals surface area contributed by atoms with Crippen molar-refractivity contribution in [2.24, 2.45) is 5.92 Å². The number of hydrogen-bond acceptors (Lipinski definition) is 4. The van der Waals surface area contributed by atoms with Crippen molar-refractivity contribution >= 4 is 31.9 Å². The fraction of sp³-hybridized carbons (Fsp3) is 0.316. The van der Waals surface area contributed by atoms with E-state index < -0.39 is 22.0 Å². The normalized spacial score (nSPS) is 13.0. The number of carbonyl (C=O) groups excluding carboxylic acids is 1. The molecule has 8 heteroatoms. The van der Waals surface area contributed by atoms with Gasteiger partial charge in [-0.25, -0.2) is 13.9 Å². The summed E-state index contributed by atoms with van der Waals surface area (Å²) in [5.41, 5.74) is 2.36. The summed E-state index contributed by atoms with van der Waals surface area (Å²) in [6, 6.07) is 14.3. The van der Waals surface area contributed by atoms with Crippen LogP contribution in [0.5, 0.6) is 0 Å². The summed E-state index contributed by atoms with van der Waals surface area (Å²) in [6.45, 7) is 3.80. The van der Waals surface area contributed by atoms with Gasteiger partial charge < -0.3 is 0 Å². The van der Waals surface area contributed by atoms with Gasteiger partial charge in [-0.1, -0.05) is 60.1 Å². The van der Waals surface area contributed by atoms with Crippen LogP contribution in [0.3, 0.4) is 0 Å². The molecule has 0 saturated carbocycles. The number of nitrogens with one attached hydrogen (secondary N) is 1. The summed E-state index contributed by atoms with van der Waals surface area (Å²) >= 11 is 3.29. The van der Waals surface area contributed by atoms with Crippen LogP contribution in [0.2, 0.25) is 0 Å². The molecule has 2 aromatic carbocycles. The maximum Gasteiger partial charge on any atom is 0.261 e. The molecule has 6 nitrogen and oxygen atoms in total. The lowest BCUT2D eigenvalue weighted by molar-refractivity contribution is -0.133. The molecule has 1 unspecified atom stereocenters. The molecule has 2 rings (SSSR count). The lowest BCUT2D eigenvalue weighted by atomic mass is 10.0. The predicted molar refractivity (Wildman–Crippen MR) is 106 cm³/mol. The highest BCUT2D eigenvalue weighted by Crippen LogP contribution is 2.25. The van der Waals surface area contributed by atoms with Crippen LogP contribution in [0, 0.1) is 5.92 Å². The summed E-state index contributed by atoms with van der Waals surface area (Å²) in [5.74, 6) is -0.703. The third-order valence-corrected chi connectivity index (χ3v) is 6.45. The van der Waals surface area contributed by atoms with E-state index in [1.807, 2.05) is 32.0 Å². The van der Waals surface area contributed by atoms with Crippen molar-refractivity contribution in [2.75, 3.05) is 0 Å². The van der Waals surface area contributed by atoms with E-state index in [0.29, 0.717) is 0 Å². The number of carbonyl (C=O) groups is 1. The summed E-state index contributed by atoms with van der Waals surface area (Å²) < 4.78 is 28.6. The number of hydrogen-bond donors (Lipinski definition) is 2. The number of benzene rings is 2. The average Bonchev–Trinajstić information content (AvgIpc) is 2.64. The standard InChI is InChI=1S/C19H23BrN2O4S/c1-14(2)12-18(19(23)21-24)22(13-15-6-4-3-5-7-15)27(25,26)17-10-8-16(20)9-11-17/h3-11,14,18,24H,12-13H2,1-2H3,(H,21,23). The molecule has 2 aromatic rings. The van der Waals surface area contributed by atoms with Crippen LogP contribution in [-0.2, 0) is 21.4 Å². The maximum atomic E-state index is 13.3. The van der Waals surface area contributed by atoms with Crippen molar-refractivity contribution in [3.63, 3.8) is 0 Å². The Morgan fingerprint density at radius 2 is 1.70 bits per heavy atom. The average molecular weight is 455 g/mol. The number of nitrogens with zero attached hydrogens (tertiary/aromatic N) is 1. The predicted octanol–water partition coefficient (Wildman–Crippen LogP) is 3.56. The molecule has 0 aliphatic carbocycles. The van der Waals surface area contributed by atoms with Crippen LogP contribution in [0.4, 0.5) is 0 Å². The van der Waals surface area contributed by atoms with Crippen LogP contribution in [0.15, 0.2) is 64.0 Å². The Morgan fingerprint density at radius 1 is 1.11 bits per heavy atom. The second kappa shape index (κ2) is 9.45. The van der Waals surface area contributed by atoms with Crippen molar-refractivity contribution in [1.82, 2.24) is 9.79 Å². The quantitative estimate of drug-likeness (QED) is 0.471. The summed E-state index contributed by atoms with van der Waals surface area (Å²) in [4.78, 5) is 12.4. The Hall–Kier alpha value is -1.74. The van der Waals surface area contributed by atoms with Crippen LogP contribution in [-0.4, -0.2) is 29.9 Å². The molecule has 146 valence electrons. The van der Waals surface area contributed by atoms with Gasteiger partial charge in [0.1, 0.15) is 6.04 Å². The first-order chi connectivity index (χ1) is 12.8. The minimum absolute atomic E-state index is 0.0179. The van der Waals surface area contributed by atoms with E-state index >= 15 is 0 Å². The van der Waals surface area contributed by atoms with Crippen LogP contribution >= 0.6 is 15.9 Å². The molecule has 27 heavy (non-hydrogen) atoms. The smallest absolute Gasteiger partial charge is 0.261 e.